The largest absolute Gasteiger partial charge is 0.323 e. The Morgan fingerprint density at radius 1 is 1.57 bits per heavy atom. The number of aromatic nitrogens is 3. The zero-order chi connectivity index (χ0) is 10.1. The van der Waals surface area contributed by atoms with Crippen LogP contribution in [0.25, 0.3) is 5.78 Å². The molecule has 2 aromatic heterocycles. The summed E-state index contributed by atoms with van der Waals surface area (Å²) in [5.74, 6) is 0.733. The van der Waals surface area contributed by atoms with Crippen molar-refractivity contribution in [2.75, 3.05) is 0 Å². The lowest BCUT2D eigenvalue weighted by molar-refractivity contribution is 0.751. The first-order chi connectivity index (χ1) is 6.74. The monoisotopic (exact) mass is 190 g/mol. The minimum absolute atomic E-state index is 0.0100. The molecule has 0 fully saturated rings. The molecule has 2 N–H and O–H groups in total. The first-order valence-corrected chi connectivity index (χ1v) is 4.81. The van der Waals surface area contributed by atoms with Crippen LogP contribution in [0.3, 0.4) is 0 Å². The number of hydrogen-bond donors (Lipinski definition) is 1. The Morgan fingerprint density at radius 3 is 3.00 bits per heavy atom. The van der Waals surface area contributed by atoms with E-state index < -0.39 is 0 Å². The lowest BCUT2D eigenvalue weighted by Crippen LogP contribution is -2.10. The molecule has 0 bridgehead atoms. The molecule has 0 radical (unpaired) electrons. The molecule has 0 aliphatic carbocycles. The van der Waals surface area contributed by atoms with E-state index in [9.17, 15) is 0 Å². The highest BCUT2D eigenvalue weighted by Gasteiger charge is 2.13. The summed E-state index contributed by atoms with van der Waals surface area (Å²) in [6.07, 6.45) is 4.58. The van der Waals surface area contributed by atoms with Gasteiger partial charge in [-0.25, -0.2) is 9.97 Å². The number of rotatable bonds is 2. The Bertz CT molecular complexity index is 444. The fourth-order valence-corrected chi connectivity index (χ4v) is 1.69. The van der Waals surface area contributed by atoms with Crippen LogP contribution in [0.2, 0.25) is 0 Å². The van der Waals surface area contributed by atoms with Crippen LogP contribution in [0.4, 0.5) is 0 Å². The van der Waals surface area contributed by atoms with Crippen molar-refractivity contribution < 1.29 is 0 Å². The average Bonchev–Trinajstić information content (AvgIpc) is 2.55. The van der Waals surface area contributed by atoms with Crippen molar-refractivity contribution in [2.45, 2.75) is 26.3 Å². The topological polar surface area (TPSA) is 56.2 Å². The number of aryl methyl sites for hydroxylation is 1. The minimum atomic E-state index is -0.0100. The predicted octanol–water partition coefficient (Wildman–Crippen LogP) is 1.31. The van der Waals surface area contributed by atoms with Gasteiger partial charge >= 0.3 is 0 Å². The summed E-state index contributed by atoms with van der Waals surface area (Å²) in [7, 11) is 0. The summed E-state index contributed by atoms with van der Waals surface area (Å²) < 4.78 is 1.96. The molecule has 74 valence electrons. The number of fused-ring (bicyclic) bond motifs is 1. The Kier molecular flexibility index (Phi) is 2.21. The molecule has 0 saturated carbocycles. The van der Waals surface area contributed by atoms with E-state index in [1.807, 2.05) is 23.6 Å². The van der Waals surface area contributed by atoms with Crippen LogP contribution in [0, 0.1) is 0 Å². The van der Waals surface area contributed by atoms with Gasteiger partial charge in [0.25, 0.3) is 0 Å². The Balaban J connectivity index is 2.74. The van der Waals surface area contributed by atoms with Crippen molar-refractivity contribution >= 4 is 5.78 Å². The quantitative estimate of drug-likeness (QED) is 0.776. The van der Waals surface area contributed by atoms with Gasteiger partial charge in [0, 0.05) is 18.4 Å². The van der Waals surface area contributed by atoms with Crippen LogP contribution in [-0.4, -0.2) is 14.4 Å². The van der Waals surface area contributed by atoms with E-state index >= 15 is 0 Å². The third-order valence-electron chi connectivity index (χ3n) is 2.28. The Morgan fingerprint density at radius 2 is 2.36 bits per heavy atom. The Hall–Kier alpha value is -1.42. The highest BCUT2D eigenvalue weighted by molar-refractivity contribution is 5.36. The minimum Gasteiger partial charge on any atom is -0.323 e. The molecule has 1 unspecified atom stereocenters. The van der Waals surface area contributed by atoms with Crippen LogP contribution in [0.1, 0.15) is 31.3 Å². The molecule has 4 heteroatoms. The van der Waals surface area contributed by atoms with Crippen LogP contribution in [0.5, 0.6) is 0 Å². The van der Waals surface area contributed by atoms with Crippen molar-refractivity contribution in [3.63, 3.8) is 0 Å². The van der Waals surface area contributed by atoms with Crippen molar-refractivity contribution in [3.05, 3.63) is 29.8 Å². The van der Waals surface area contributed by atoms with Gasteiger partial charge in [0.05, 0.1) is 11.4 Å². The van der Waals surface area contributed by atoms with E-state index in [4.69, 9.17) is 5.73 Å². The van der Waals surface area contributed by atoms with E-state index in [0.717, 1.165) is 23.6 Å². The SMILES string of the molecule is CCc1nc2ncccn2c1C(C)N. The van der Waals surface area contributed by atoms with Crippen LogP contribution < -0.4 is 5.73 Å². The molecule has 0 spiro atoms. The van der Waals surface area contributed by atoms with Gasteiger partial charge in [0.15, 0.2) is 0 Å². The number of hydrogen-bond acceptors (Lipinski definition) is 3. The maximum atomic E-state index is 5.91. The molecule has 0 aliphatic rings. The second-order valence-corrected chi connectivity index (χ2v) is 3.38. The van der Waals surface area contributed by atoms with Gasteiger partial charge in [-0.15, -0.1) is 0 Å². The number of nitrogens with zero attached hydrogens (tertiary/aromatic N) is 3. The summed E-state index contributed by atoms with van der Waals surface area (Å²) in [5, 5.41) is 0. The van der Waals surface area contributed by atoms with Crippen molar-refractivity contribution in [2.24, 2.45) is 5.73 Å². The fraction of sp³-hybridized carbons (Fsp3) is 0.400. The molecule has 2 rings (SSSR count). The van der Waals surface area contributed by atoms with E-state index in [-0.39, 0.29) is 6.04 Å². The standard InChI is InChI=1S/C10H14N4/c1-3-8-9(7(2)11)14-6-4-5-12-10(14)13-8/h4-7H,3,11H2,1-2H3. The smallest absolute Gasteiger partial charge is 0.234 e. The van der Waals surface area contributed by atoms with Gasteiger partial charge in [-0.2, -0.15) is 0 Å². The summed E-state index contributed by atoms with van der Waals surface area (Å²) in [6.45, 7) is 4.04. The van der Waals surface area contributed by atoms with Gasteiger partial charge in [0.2, 0.25) is 5.78 Å². The molecule has 14 heavy (non-hydrogen) atoms. The first-order valence-electron chi connectivity index (χ1n) is 4.81. The predicted molar refractivity (Wildman–Crippen MR) is 55.0 cm³/mol. The maximum Gasteiger partial charge on any atom is 0.234 e. The molecule has 2 aromatic rings. The van der Waals surface area contributed by atoms with Gasteiger partial charge in [0.1, 0.15) is 0 Å². The lowest BCUT2D eigenvalue weighted by Gasteiger charge is -2.06. The van der Waals surface area contributed by atoms with E-state index in [1.54, 1.807) is 6.20 Å². The maximum absolute atomic E-state index is 5.91. The zero-order valence-corrected chi connectivity index (χ0v) is 8.44. The second-order valence-electron chi connectivity index (χ2n) is 3.38. The fourth-order valence-electron chi connectivity index (χ4n) is 1.69. The average molecular weight is 190 g/mol. The van der Waals surface area contributed by atoms with E-state index in [0.29, 0.717) is 0 Å². The van der Waals surface area contributed by atoms with Crippen molar-refractivity contribution in [3.8, 4) is 0 Å². The molecule has 0 aliphatic heterocycles. The van der Waals surface area contributed by atoms with Crippen LogP contribution in [-0.2, 0) is 6.42 Å². The summed E-state index contributed by atoms with van der Waals surface area (Å²) in [5.41, 5.74) is 8.02. The second kappa shape index (κ2) is 3.38. The van der Waals surface area contributed by atoms with Crippen LogP contribution in [0.15, 0.2) is 18.5 Å². The van der Waals surface area contributed by atoms with Crippen LogP contribution >= 0.6 is 0 Å². The number of imidazole rings is 1. The van der Waals surface area contributed by atoms with E-state index in [1.165, 1.54) is 0 Å². The number of nitrogens with two attached hydrogens (primary N) is 1. The molecular formula is C10H14N4. The first kappa shape index (κ1) is 9.15. The molecule has 4 nitrogen and oxygen atoms in total. The molecule has 0 amide bonds. The van der Waals surface area contributed by atoms with Crippen molar-refractivity contribution in [1.82, 2.24) is 14.4 Å². The molecule has 0 aromatic carbocycles. The van der Waals surface area contributed by atoms with Crippen molar-refractivity contribution in [1.29, 1.82) is 0 Å². The van der Waals surface area contributed by atoms with E-state index in [2.05, 4.69) is 16.9 Å². The normalized spacial score (nSPS) is 13.4. The van der Waals surface area contributed by atoms with Gasteiger partial charge in [-0.1, -0.05) is 6.92 Å². The van der Waals surface area contributed by atoms with Gasteiger partial charge in [-0.3, -0.25) is 4.40 Å². The highest BCUT2D eigenvalue weighted by atomic mass is 15.1. The van der Waals surface area contributed by atoms with Gasteiger partial charge in [-0.05, 0) is 19.4 Å². The molecule has 0 saturated heterocycles. The van der Waals surface area contributed by atoms with Gasteiger partial charge < -0.3 is 5.73 Å². The summed E-state index contributed by atoms with van der Waals surface area (Å²) in [6, 6.07) is 1.88. The molecular weight excluding hydrogens is 176 g/mol. The molecule has 2 heterocycles. The summed E-state index contributed by atoms with van der Waals surface area (Å²) in [4.78, 5) is 8.61. The highest BCUT2D eigenvalue weighted by Crippen LogP contribution is 2.17. The summed E-state index contributed by atoms with van der Waals surface area (Å²) >= 11 is 0. The third-order valence-corrected chi connectivity index (χ3v) is 2.28. The zero-order valence-electron chi connectivity index (χ0n) is 8.44. The lowest BCUT2D eigenvalue weighted by atomic mass is 10.2. The Labute approximate surface area is 82.8 Å². The molecule has 1 atom stereocenters. The third kappa shape index (κ3) is 1.28.